The highest BCUT2D eigenvalue weighted by atomic mass is 32.2. The van der Waals surface area contributed by atoms with E-state index in [1.807, 2.05) is 0 Å². The van der Waals surface area contributed by atoms with Crippen LogP contribution in [-0.2, 0) is 19.6 Å². The average molecular weight is 436 g/mol. The maximum atomic E-state index is 12.5. The molecule has 2 rings (SSSR count). The van der Waals surface area contributed by atoms with E-state index >= 15 is 0 Å². The van der Waals surface area contributed by atoms with Crippen molar-refractivity contribution in [3.63, 3.8) is 0 Å². The minimum atomic E-state index is -4.13. The molecule has 0 unspecified atom stereocenters. The molecule has 12 nitrogen and oxygen atoms in total. The third kappa shape index (κ3) is 6.00. The van der Waals surface area contributed by atoms with Crippen molar-refractivity contribution in [2.75, 3.05) is 10.1 Å². The van der Waals surface area contributed by atoms with Gasteiger partial charge in [0.25, 0.3) is 15.7 Å². The van der Waals surface area contributed by atoms with E-state index in [4.69, 9.17) is 10.2 Å². The molecule has 13 heteroatoms. The Morgan fingerprint density at radius 3 is 2.30 bits per heavy atom. The lowest BCUT2D eigenvalue weighted by Gasteiger charge is -2.09. The van der Waals surface area contributed by atoms with Crippen molar-refractivity contribution >= 4 is 44.7 Å². The Labute approximate surface area is 170 Å². The summed E-state index contributed by atoms with van der Waals surface area (Å²) in [6.07, 6.45) is -0.920. The number of aliphatic carboxylic acids is 2. The number of hydrogen-bond acceptors (Lipinski definition) is 8. The number of nitro groups is 1. The monoisotopic (exact) mass is 436 g/mol. The first kappa shape index (κ1) is 22.3. The molecule has 0 aliphatic rings. The van der Waals surface area contributed by atoms with E-state index in [9.17, 15) is 28.1 Å². The second kappa shape index (κ2) is 9.47. The number of hydrazone groups is 1. The molecular weight excluding hydrogens is 420 g/mol. The van der Waals surface area contributed by atoms with Crippen molar-refractivity contribution in [2.24, 2.45) is 5.10 Å². The van der Waals surface area contributed by atoms with Gasteiger partial charge in [0.1, 0.15) is 11.4 Å². The van der Waals surface area contributed by atoms with Crippen LogP contribution in [0.25, 0.3) is 0 Å². The molecule has 0 spiro atoms. The molecular formula is C17H16N4O8S. The topological polar surface area (TPSA) is 188 Å². The lowest BCUT2D eigenvalue weighted by molar-refractivity contribution is -0.384. The number of sulfonamides is 1. The number of nitrogens with zero attached hydrogens (tertiary/aromatic N) is 2. The third-order valence-electron chi connectivity index (χ3n) is 3.64. The number of carboxylic acid groups (broad SMARTS) is 2. The first-order chi connectivity index (χ1) is 14.1. The standard InChI is InChI=1S/C17H16N4O8S/c22-16(23)9-8-14(17(24)25)19-18-13-7-6-12(10-15(13)21(26)27)30(28,29)20-11-4-2-1-3-5-11/h1-7,10,18,20H,8-9H2,(H,22,23)(H,24,25)/b19-14-. The SMILES string of the molecule is O=C(O)CC/C(=N/Nc1ccc(S(=O)(=O)Nc2ccccc2)cc1[N+](=O)[O-])C(=O)O. The fourth-order valence-corrected chi connectivity index (χ4v) is 3.29. The van der Waals surface area contributed by atoms with E-state index in [-0.39, 0.29) is 11.4 Å². The number of rotatable bonds is 10. The Morgan fingerprint density at radius 2 is 1.73 bits per heavy atom. The van der Waals surface area contributed by atoms with Gasteiger partial charge < -0.3 is 10.2 Å². The number of nitro benzene ring substituents is 1. The minimum absolute atomic E-state index is 0.261. The lowest BCUT2D eigenvalue weighted by Crippen LogP contribution is -2.17. The number of para-hydroxylation sites is 1. The Morgan fingerprint density at radius 1 is 1.07 bits per heavy atom. The molecule has 0 saturated carbocycles. The van der Waals surface area contributed by atoms with Crippen LogP contribution in [0.15, 0.2) is 58.5 Å². The first-order valence-electron chi connectivity index (χ1n) is 8.24. The van der Waals surface area contributed by atoms with Crippen LogP contribution in [0.2, 0.25) is 0 Å². The van der Waals surface area contributed by atoms with Crippen LogP contribution in [0.1, 0.15) is 12.8 Å². The fraction of sp³-hybridized carbons (Fsp3) is 0.118. The van der Waals surface area contributed by atoms with Gasteiger partial charge in [-0.05, 0) is 24.3 Å². The van der Waals surface area contributed by atoms with Gasteiger partial charge in [-0.25, -0.2) is 13.2 Å². The van der Waals surface area contributed by atoms with Gasteiger partial charge in [0.05, 0.1) is 16.2 Å². The summed E-state index contributed by atoms with van der Waals surface area (Å²) in [6, 6.07) is 10.8. The number of carboxylic acids is 2. The molecule has 0 atom stereocenters. The van der Waals surface area contributed by atoms with Gasteiger partial charge in [0.15, 0.2) is 0 Å². The minimum Gasteiger partial charge on any atom is -0.481 e. The van der Waals surface area contributed by atoms with Gasteiger partial charge in [-0.15, -0.1) is 0 Å². The summed E-state index contributed by atoms with van der Waals surface area (Å²) >= 11 is 0. The van der Waals surface area contributed by atoms with E-state index < -0.39 is 56.0 Å². The summed E-state index contributed by atoms with van der Waals surface area (Å²) in [5.41, 5.74) is 0.946. The molecule has 0 saturated heterocycles. The van der Waals surface area contributed by atoms with Gasteiger partial charge in [0.2, 0.25) is 0 Å². The second-order valence-corrected chi connectivity index (χ2v) is 7.46. The zero-order valence-corrected chi connectivity index (χ0v) is 16.0. The van der Waals surface area contributed by atoms with Crippen molar-refractivity contribution in [3.05, 3.63) is 58.6 Å². The fourth-order valence-electron chi connectivity index (χ4n) is 2.21. The number of nitrogens with one attached hydrogen (secondary N) is 2. The molecule has 4 N–H and O–H groups in total. The quantitative estimate of drug-likeness (QED) is 0.245. The molecule has 2 aromatic rings. The van der Waals surface area contributed by atoms with Crippen LogP contribution in [-0.4, -0.2) is 41.2 Å². The second-order valence-electron chi connectivity index (χ2n) is 5.78. The molecule has 2 aromatic carbocycles. The molecule has 0 amide bonds. The average Bonchev–Trinajstić information content (AvgIpc) is 2.67. The first-order valence-corrected chi connectivity index (χ1v) is 9.72. The Balaban J connectivity index is 2.32. The Kier molecular flexibility index (Phi) is 7.03. The Hall–Kier alpha value is -4.00. The number of hydrogen-bond donors (Lipinski definition) is 4. The maximum Gasteiger partial charge on any atom is 0.352 e. The van der Waals surface area contributed by atoms with Crippen LogP contribution >= 0.6 is 0 Å². The third-order valence-corrected chi connectivity index (χ3v) is 5.02. The van der Waals surface area contributed by atoms with Gasteiger partial charge >= 0.3 is 11.9 Å². The largest absolute Gasteiger partial charge is 0.481 e. The molecule has 0 aliphatic heterocycles. The van der Waals surface area contributed by atoms with Crippen molar-refractivity contribution in [1.82, 2.24) is 0 Å². The number of benzene rings is 2. The zero-order valence-electron chi connectivity index (χ0n) is 15.2. The number of anilines is 2. The summed E-state index contributed by atoms with van der Waals surface area (Å²) in [6.45, 7) is 0. The van der Waals surface area contributed by atoms with E-state index in [1.54, 1.807) is 18.2 Å². The summed E-state index contributed by atoms with van der Waals surface area (Å²) in [4.78, 5) is 31.8. The predicted molar refractivity (Wildman–Crippen MR) is 106 cm³/mol. The maximum absolute atomic E-state index is 12.5. The smallest absolute Gasteiger partial charge is 0.352 e. The van der Waals surface area contributed by atoms with E-state index in [0.717, 1.165) is 18.2 Å². The highest BCUT2D eigenvalue weighted by molar-refractivity contribution is 7.92. The van der Waals surface area contributed by atoms with Gasteiger partial charge in [-0.1, -0.05) is 18.2 Å². The van der Waals surface area contributed by atoms with Gasteiger partial charge in [-0.2, -0.15) is 5.10 Å². The van der Waals surface area contributed by atoms with E-state index in [1.165, 1.54) is 12.1 Å². The van der Waals surface area contributed by atoms with Crippen LogP contribution in [0.5, 0.6) is 0 Å². The van der Waals surface area contributed by atoms with Crippen LogP contribution in [0.3, 0.4) is 0 Å². The summed E-state index contributed by atoms with van der Waals surface area (Å²) in [5, 5.41) is 32.5. The van der Waals surface area contributed by atoms with Crippen LogP contribution in [0, 0.1) is 10.1 Å². The molecule has 0 heterocycles. The molecule has 0 aliphatic carbocycles. The van der Waals surface area contributed by atoms with Crippen molar-refractivity contribution in [3.8, 4) is 0 Å². The molecule has 0 bridgehead atoms. The normalized spacial score (nSPS) is 11.5. The van der Waals surface area contributed by atoms with Gasteiger partial charge in [0, 0.05) is 18.2 Å². The van der Waals surface area contributed by atoms with Crippen LogP contribution in [0.4, 0.5) is 17.1 Å². The van der Waals surface area contributed by atoms with Crippen molar-refractivity contribution < 1.29 is 33.1 Å². The Bertz CT molecular complexity index is 1100. The molecule has 0 fully saturated rings. The molecule has 30 heavy (non-hydrogen) atoms. The van der Waals surface area contributed by atoms with E-state index in [0.29, 0.717) is 0 Å². The predicted octanol–water partition coefficient (Wildman–Crippen LogP) is 2.11. The summed E-state index contributed by atoms with van der Waals surface area (Å²) in [5.74, 6) is -2.74. The molecule has 158 valence electrons. The van der Waals surface area contributed by atoms with E-state index in [2.05, 4.69) is 15.2 Å². The summed E-state index contributed by atoms with van der Waals surface area (Å²) in [7, 11) is -4.13. The van der Waals surface area contributed by atoms with Crippen molar-refractivity contribution in [2.45, 2.75) is 17.7 Å². The summed E-state index contributed by atoms with van der Waals surface area (Å²) < 4.78 is 27.2. The molecule has 0 aromatic heterocycles. The lowest BCUT2D eigenvalue weighted by atomic mass is 10.2. The highest BCUT2D eigenvalue weighted by Crippen LogP contribution is 2.28. The molecule has 0 radical (unpaired) electrons. The van der Waals surface area contributed by atoms with Crippen molar-refractivity contribution in [1.29, 1.82) is 0 Å². The van der Waals surface area contributed by atoms with Gasteiger partial charge in [-0.3, -0.25) is 25.1 Å². The zero-order chi connectivity index (χ0) is 22.3. The van der Waals surface area contributed by atoms with Crippen LogP contribution < -0.4 is 10.1 Å². The highest BCUT2D eigenvalue weighted by Gasteiger charge is 2.22. The number of carbonyl (C=O) groups is 2.